The molecule has 0 spiro atoms. The summed E-state index contributed by atoms with van der Waals surface area (Å²) >= 11 is 0. The van der Waals surface area contributed by atoms with E-state index in [2.05, 4.69) is 9.64 Å². The maximum atomic E-state index is 11.0. The standard InChI is InChI=1S/C10H20N2O2/c1-14-10(13)9(11)5-8-12-6-3-2-4-7-12/h9H,2-8,11H2,1H3. The van der Waals surface area contributed by atoms with Gasteiger partial charge in [0.1, 0.15) is 6.04 Å². The van der Waals surface area contributed by atoms with E-state index in [1.165, 1.54) is 26.4 Å². The van der Waals surface area contributed by atoms with Gasteiger partial charge in [0.05, 0.1) is 7.11 Å². The van der Waals surface area contributed by atoms with Crippen LogP contribution in [0.25, 0.3) is 0 Å². The molecule has 0 amide bonds. The van der Waals surface area contributed by atoms with Gasteiger partial charge in [-0.3, -0.25) is 4.79 Å². The summed E-state index contributed by atoms with van der Waals surface area (Å²) in [5.41, 5.74) is 5.64. The highest BCUT2D eigenvalue weighted by molar-refractivity contribution is 5.75. The van der Waals surface area contributed by atoms with Crippen LogP contribution in [0.1, 0.15) is 25.7 Å². The first kappa shape index (κ1) is 11.5. The summed E-state index contributed by atoms with van der Waals surface area (Å²) in [4.78, 5) is 13.4. The molecule has 1 rings (SSSR count). The molecule has 0 aromatic carbocycles. The van der Waals surface area contributed by atoms with Crippen LogP contribution in [0.5, 0.6) is 0 Å². The van der Waals surface area contributed by atoms with E-state index in [4.69, 9.17) is 5.73 Å². The molecule has 1 fully saturated rings. The first-order valence-corrected chi connectivity index (χ1v) is 5.30. The predicted octanol–water partition coefficient (Wildman–Crippen LogP) is 0.363. The summed E-state index contributed by atoms with van der Waals surface area (Å²) in [5, 5.41) is 0. The number of likely N-dealkylation sites (tertiary alicyclic amines) is 1. The van der Waals surface area contributed by atoms with Crippen molar-refractivity contribution in [1.82, 2.24) is 4.90 Å². The summed E-state index contributed by atoms with van der Waals surface area (Å²) < 4.78 is 4.57. The Labute approximate surface area is 85.4 Å². The van der Waals surface area contributed by atoms with Crippen molar-refractivity contribution >= 4 is 5.97 Å². The number of methoxy groups -OCH3 is 1. The molecule has 0 aromatic rings. The third-order valence-electron chi connectivity index (χ3n) is 2.71. The van der Waals surface area contributed by atoms with E-state index in [-0.39, 0.29) is 5.97 Å². The van der Waals surface area contributed by atoms with Crippen LogP contribution in [0, 0.1) is 0 Å². The van der Waals surface area contributed by atoms with Gasteiger partial charge in [0.25, 0.3) is 0 Å². The van der Waals surface area contributed by atoms with Gasteiger partial charge in [-0.15, -0.1) is 0 Å². The number of nitrogens with zero attached hydrogens (tertiary/aromatic N) is 1. The molecule has 0 saturated carbocycles. The molecule has 0 radical (unpaired) electrons. The van der Waals surface area contributed by atoms with Crippen LogP contribution in [-0.2, 0) is 9.53 Å². The van der Waals surface area contributed by atoms with Crippen molar-refractivity contribution < 1.29 is 9.53 Å². The maximum Gasteiger partial charge on any atom is 0.322 e. The topological polar surface area (TPSA) is 55.6 Å². The molecule has 1 saturated heterocycles. The lowest BCUT2D eigenvalue weighted by molar-refractivity contribution is -0.142. The molecule has 1 atom stereocenters. The Morgan fingerprint density at radius 2 is 2.07 bits per heavy atom. The van der Waals surface area contributed by atoms with Gasteiger partial charge in [-0.2, -0.15) is 0 Å². The summed E-state index contributed by atoms with van der Waals surface area (Å²) in [6.45, 7) is 3.21. The van der Waals surface area contributed by atoms with Crippen LogP contribution >= 0.6 is 0 Å². The van der Waals surface area contributed by atoms with E-state index in [0.717, 1.165) is 19.6 Å². The highest BCUT2D eigenvalue weighted by Gasteiger charge is 2.16. The summed E-state index contributed by atoms with van der Waals surface area (Å²) in [6, 6.07) is -0.457. The molecule has 2 N–H and O–H groups in total. The number of ether oxygens (including phenoxy) is 1. The Kier molecular flexibility index (Phi) is 4.90. The number of nitrogens with two attached hydrogens (primary N) is 1. The molecule has 4 heteroatoms. The second kappa shape index (κ2) is 5.98. The minimum Gasteiger partial charge on any atom is -0.468 e. The highest BCUT2D eigenvalue weighted by Crippen LogP contribution is 2.09. The molecular formula is C10H20N2O2. The quantitative estimate of drug-likeness (QED) is 0.666. The van der Waals surface area contributed by atoms with Crippen molar-refractivity contribution in [3.63, 3.8) is 0 Å². The normalized spacial score (nSPS) is 20.4. The summed E-state index contributed by atoms with van der Waals surface area (Å²) in [5.74, 6) is -0.304. The minimum absolute atomic E-state index is 0.304. The minimum atomic E-state index is -0.457. The molecule has 1 unspecified atom stereocenters. The van der Waals surface area contributed by atoms with E-state index < -0.39 is 6.04 Å². The largest absolute Gasteiger partial charge is 0.468 e. The molecule has 0 aliphatic carbocycles. The van der Waals surface area contributed by atoms with E-state index in [0.29, 0.717) is 6.42 Å². The van der Waals surface area contributed by atoms with Gasteiger partial charge >= 0.3 is 5.97 Å². The zero-order chi connectivity index (χ0) is 10.4. The van der Waals surface area contributed by atoms with Crippen molar-refractivity contribution in [1.29, 1.82) is 0 Å². The monoisotopic (exact) mass is 200 g/mol. The molecule has 14 heavy (non-hydrogen) atoms. The van der Waals surface area contributed by atoms with Crippen LogP contribution in [0.3, 0.4) is 0 Å². The molecule has 1 aliphatic rings. The first-order chi connectivity index (χ1) is 6.74. The Hall–Kier alpha value is -0.610. The van der Waals surface area contributed by atoms with Crippen LogP contribution in [-0.4, -0.2) is 43.7 Å². The van der Waals surface area contributed by atoms with Gasteiger partial charge in [0.15, 0.2) is 0 Å². The Morgan fingerprint density at radius 3 is 2.64 bits per heavy atom. The lowest BCUT2D eigenvalue weighted by atomic mass is 10.1. The predicted molar refractivity (Wildman–Crippen MR) is 54.9 cm³/mol. The van der Waals surface area contributed by atoms with Crippen molar-refractivity contribution in [2.45, 2.75) is 31.7 Å². The summed E-state index contributed by atoms with van der Waals surface area (Å²) in [6.07, 6.45) is 4.58. The van der Waals surface area contributed by atoms with Gasteiger partial charge in [-0.1, -0.05) is 6.42 Å². The number of piperidine rings is 1. The van der Waals surface area contributed by atoms with Crippen molar-refractivity contribution in [2.24, 2.45) is 5.73 Å². The van der Waals surface area contributed by atoms with Crippen molar-refractivity contribution in [3.8, 4) is 0 Å². The van der Waals surface area contributed by atoms with Crippen molar-refractivity contribution in [2.75, 3.05) is 26.7 Å². The summed E-state index contributed by atoms with van der Waals surface area (Å²) in [7, 11) is 1.38. The number of hydrogen-bond donors (Lipinski definition) is 1. The van der Waals surface area contributed by atoms with E-state index in [1.807, 2.05) is 0 Å². The third kappa shape index (κ3) is 3.64. The Balaban J connectivity index is 2.15. The van der Waals surface area contributed by atoms with Crippen LogP contribution in [0.15, 0.2) is 0 Å². The van der Waals surface area contributed by atoms with Crippen LogP contribution < -0.4 is 5.73 Å². The van der Waals surface area contributed by atoms with Crippen molar-refractivity contribution in [3.05, 3.63) is 0 Å². The zero-order valence-corrected chi connectivity index (χ0v) is 8.87. The lowest BCUT2D eigenvalue weighted by Crippen LogP contribution is -2.38. The van der Waals surface area contributed by atoms with Gasteiger partial charge in [-0.05, 0) is 32.4 Å². The zero-order valence-electron chi connectivity index (χ0n) is 8.87. The number of esters is 1. The van der Waals surface area contributed by atoms with Crippen LogP contribution in [0.4, 0.5) is 0 Å². The maximum absolute atomic E-state index is 11.0. The molecule has 0 aromatic heterocycles. The first-order valence-electron chi connectivity index (χ1n) is 5.30. The fourth-order valence-electron chi connectivity index (χ4n) is 1.77. The molecule has 1 aliphatic heterocycles. The van der Waals surface area contributed by atoms with Crippen LogP contribution in [0.2, 0.25) is 0 Å². The van der Waals surface area contributed by atoms with Gasteiger partial charge in [0.2, 0.25) is 0 Å². The Morgan fingerprint density at radius 1 is 1.43 bits per heavy atom. The average molecular weight is 200 g/mol. The van der Waals surface area contributed by atoms with E-state index >= 15 is 0 Å². The third-order valence-corrected chi connectivity index (χ3v) is 2.71. The van der Waals surface area contributed by atoms with Gasteiger partial charge in [-0.25, -0.2) is 0 Å². The van der Waals surface area contributed by atoms with Gasteiger partial charge in [0, 0.05) is 6.54 Å². The van der Waals surface area contributed by atoms with E-state index in [1.54, 1.807) is 0 Å². The number of carbonyl (C=O) groups excluding carboxylic acids is 1. The van der Waals surface area contributed by atoms with E-state index in [9.17, 15) is 4.79 Å². The highest BCUT2D eigenvalue weighted by atomic mass is 16.5. The second-order valence-electron chi connectivity index (χ2n) is 3.82. The molecule has 4 nitrogen and oxygen atoms in total. The van der Waals surface area contributed by atoms with Gasteiger partial charge < -0.3 is 15.4 Å². The smallest absolute Gasteiger partial charge is 0.322 e. The number of rotatable bonds is 4. The number of hydrogen-bond acceptors (Lipinski definition) is 4. The number of carbonyl (C=O) groups is 1. The Bertz CT molecular complexity index is 179. The molecule has 82 valence electrons. The SMILES string of the molecule is COC(=O)C(N)CCN1CCCCC1. The lowest BCUT2D eigenvalue weighted by Gasteiger charge is -2.26. The molecule has 1 heterocycles. The fraction of sp³-hybridized carbons (Fsp3) is 0.900. The molecular weight excluding hydrogens is 180 g/mol. The molecule has 0 bridgehead atoms. The fourth-order valence-corrected chi connectivity index (χ4v) is 1.77. The second-order valence-corrected chi connectivity index (χ2v) is 3.82. The average Bonchev–Trinajstić information content (AvgIpc) is 2.26.